The van der Waals surface area contributed by atoms with Gasteiger partial charge in [0, 0.05) is 10.6 Å². The number of nitrogens with one attached hydrogen (secondary N) is 1. The fourth-order valence-corrected chi connectivity index (χ4v) is 5.70. The van der Waals surface area contributed by atoms with Gasteiger partial charge in [0.2, 0.25) is 5.91 Å². The Morgan fingerprint density at radius 3 is 2.81 bits per heavy atom. The van der Waals surface area contributed by atoms with Crippen LogP contribution in [0.5, 0.6) is 0 Å². The summed E-state index contributed by atoms with van der Waals surface area (Å²) in [4.78, 5) is 28.4. The zero-order valence-corrected chi connectivity index (χ0v) is 19.7. The van der Waals surface area contributed by atoms with Crippen LogP contribution < -0.4 is 10.9 Å². The molecular weight excluding hydrogens is 408 g/mol. The van der Waals surface area contributed by atoms with Crippen LogP contribution in [0.25, 0.3) is 10.2 Å². The third-order valence-corrected chi connectivity index (χ3v) is 7.53. The lowest BCUT2D eigenvalue weighted by molar-refractivity contribution is -0.119. The number of hydrogen-bond donors (Lipinski definition) is 1. The number of fused-ring (bicyclic) bond motifs is 3. The van der Waals surface area contributed by atoms with E-state index in [4.69, 9.17) is 0 Å². The number of aromatic nitrogens is 3. The molecule has 2 aromatic heterocycles. The highest BCUT2D eigenvalue weighted by Gasteiger charge is 2.32. The zero-order valence-electron chi connectivity index (χ0n) is 18.9. The zero-order chi connectivity index (χ0) is 22.3. The predicted molar refractivity (Wildman–Crippen MR) is 126 cm³/mol. The smallest absolute Gasteiger partial charge is 0.279 e. The maximum absolute atomic E-state index is 13.4. The van der Waals surface area contributed by atoms with Gasteiger partial charge in [0.1, 0.15) is 6.04 Å². The predicted octanol–water partition coefficient (Wildman–Crippen LogP) is 4.90. The maximum atomic E-state index is 13.4. The number of anilines is 1. The van der Waals surface area contributed by atoms with Crippen molar-refractivity contribution in [2.75, 3.05) is 5.32 Å². The first kappa shape index (κ1) is 21.7. The molecule has 0 saturated heterocycles. The summed E-state index contributed by atoms with van der Waals surface area (Å²) in [7, 11) is 0. The van der Waals surface area contributed by atoms with E-state index in [1.54, 1.807) is 11.3 Å². The molecule has 7 heteroatoms. The van der Waals surface area contributed by atoms with Gasteiger partial charge in [-0.25, -0.2) is 0 Å². The highest BCUT2D eigenvalue weighted by atomic mass is 32.1. The van der Waals surface area contributed by atoms with Crippen LogP contribution in [-0.4, -0.2) is 20.9 Å². The molecule has 4 rings (SSSR count). The first-order valence-electron chi connectivity index (χ1n) is 11.0. The van der Waals surface area contributed by atoms with E-state index in [0.29, 0.717) is 28.2 Å². The highest BCUT2D eigenvalue weighted by molar-refractivity contribution is 7.18. The molecular formula is C24H30N4O2S. The van der Waals surface area contributed by atoms with Crippen molar-refractivity contribution in [3.8, 4) is 0 Å². The SMILES string of the molecule is CCC(C(=O)Nc1cccc(C)c1)n1nnc2sc3c(c2c1=O)CCC(C(C)(C)C)C3. The van der Waals surface area contributed by atoms with Gasteiger partial charge in [0.15, 0.2) is 4.83 Å². The molecule has 1 N–H and O–H groups in total. The van der Waals surface area contributed by atoms with Crippen molar-refractivity contribution >= 4 is 33.1 Å². The molecule has 0 spiro atoms. The molecule has 0 bridgehead atoms. The monoisotopic (exact) mass is 438 g/mol. The van der Waals surface area contributed by atoms with E-state index in [-0.39, 0.29) is 16.9 Å². The summed E-state index contributed by atoms with van der Waals surface area (Å²) in [6.07, 6.45) is 3.38. The first-order valence-corrected chi connectivity index (χ1v) is 11.8. The van der Waals surface area contributed by atoms with Gasteiger partial charge in [-0.3, -0.25) is 9.59 Å². The molecule has 164 valence electrons. The number of carbonyl (C=O) groups excluding carboxylic acids is 1. The van der Waals surface area contributed by atoms with Gasteiger partial charge in [-0.2, -0.15) is 4.68 Å². The summed E-state index contributed by atoms with van der Waals surface area (Å²) >= 11 is 1.59. The fourth-order valence-electron chi connectivity index (χ4n) is 4.47. The van der Waals surface area contributed by atoms with Crippen LogP contribution in [0.1, 0.15) is 62.6 Å². The number of rotatable bonds is 4. The van der Waals surface area contributed by atoms with Gasteiger partial charge in [-0.15, -0.1) is 16.4 Å². The molecule has 2 unspecified atom stereocenters. The van der Waals surface area contributed by atoms with E-state index in [0.717, 1.165) is 30.4 Å². The second-order valence-corrected chi connectivity index (χ2v) is 10.7. The van der Waals surface area contributed by atoms with E-state index in [9.17, 15) is 9.59 Å². The Balaban J connectivity index is 1.69. The van der Waals surface area contributed by atoms with Gasteiger partial charge in [0.05, 0.1) is 5.39 Å². The molecule has 1 aromatic carbocycles. The van der Waals surface area contributed by atoms with Crippen LogP contribution in [-0.2, 0) is 17.6 Å². The van der Waals surface area contributed by atoms with Crippen molar-refractivity contribution in [1.82, 2.24) is 15.0 Å². The van der Waals surface area contributed by atoms with Gasteiger partial charge >= 0.3 is 0 Å². The number of thiophene rings is 1. The van der Waals surface area contributed by atoms with E-state index in [2.05, 4.69) is 36.4 Å². The summed E-state index contributed by atoms with van der Waals surface area (Å²) in [5.41, 5.74) is 2.92. The molecule has 0 saturated carbocycles. The van der Waals surface area contributed by atoms with Crippen LogP contribution in [0, 0.1) is 18.3 Å². The number of aryl methyl sites for hydroxylation is 2. The summed E-state index contributed by atoms with van der Waals surface area (Å²) < 4.78 is 1.27. The Bertz CT molecular complexity index is 1190. The molecule has 0 aliphatic heterocycles. The van der Waals surface area contributed by atoms with Crippen molar-refractivity contribution < 1.29 is 4.79 Å². The molecule has 6 nitrogen and oxygen atoms in total. The second kappa shape index (κ2) is 8.19. The van der Waals surface area contributed by atoms with Gasteiger partial charge in [-0.1, -0.05) is 45.0 Å². The van der Waals surface area contributed by atoms with Crippen LogP contribution >= 0.6 is 11.3 Å². The van der Waals surface area contributed by atoms with E-state index in [1.807, 2.05) is 38.1 Å². The van der Waals surface area contributed by atoms with Gasteiger partial charge in [0.25, 0.3) is 5.56 Å². The van der Waals surface area contributed by atoms with E-state index in [1.165, 1.54) is 9.56 Å². The van der Waals surface area contributed by atoms with E-state index >= 15 is 0 Å². The van der Waals surface area contributed by atoms with Gasteiger partial charge in [-0.05, 0) is 67.2 Å². The molecule has 2 atom stereocenters. The topological polar surface area (TPSA) is 76.9 Å². The molecule has 1 amide bonds. The number of nitrogens with zero attached hydrogens (tertiary/aromatic N) is 3. The Hall–Kier alpha value is -2.54. The maximum Gasteiger partial charge on any atom is 0.279 e. The summed E-state index contributed by atoms with van der Waals surface area (Å²) in [6, 6.07) is 6.92. The molecule has 0 fully saturated rings. The van der Waals surface area contributed by atoms with Crippen molar-refractivity contribution in [3.05, 3.63) is 50.6 Å². The molecule has 31 heavy (non-hydrogen) atoms. The number of amides is 1. The fraction of sp³-hybridized carbons (Fsp3) is 0.500. The number of carbonyl (C=O) groups is 1. The lowest BCUT2D eigenvalue weighted by Gasteiger charge is -2.33. The largest absolute Gasteiger partial charge is 0.324 e. The van der Waals surface area contributed by atoms with Crippen molar-refractivity contribution in [1.29, 1.82) is 0 Å². The normalized spacial score (nSPS) is 17.4. The molecule has 2 heterocycles. The standard InChI is InChI=1S/C24H30N4O2S/c1-6-18(21(29)25-16-9-7-8-14(2)12-16)28-23(30)20-17-11-10-15(24(3,4)5)13-19(17)31-22(20)26-27-28/h7-9,12,15,18H,6,10-11,13H2,1-5H3,(H,25,29). The highest BCUT2D eigenvalue weighted by Crippen LogP contribution is 2.41. The molecule has 3 aromatic rings. The minimum Gasteiger partial charge on any atom is -0.324 e. The lowest BCUT2D eigenvalue weighted by atomic mass is 9.72. The third-order valence-electron chi connectivity index (χ3n) is 6.40. The molecule has 1 aliphatic carbocycles. The van der Waals surface area contributed by atoms with Crippen LogP contribution in [0.3, 0.4) is 0 Å². The molecule has 1 aliphatic rings. The van der Waals surface area contributed by atoms with Crippen molar-refractivity contribution in [2.24, 2.45) is 11.3 Å². The summed E-state index contributed by atoms with van der Waals surface area (Å²) in [6.45, 7) is 10.7. The average Bonchev–Trinajstić information content (AvgIpc) is 3.08. The minimum atomic E-state index is -0.702. The third kappa shape index (κ3) is 4.15. The molecule has 0 radical (unpaired) electrons. The van der Waals surface area contributed by atoms with E-state index < -0.39 is 6.04 Å². The van der Waals surface area contributed by atoms with Crippen molar-refractivity contribution in [2.45, 2.75) is 66.3 Å². The second-order valence-electron chi connectivity index (χ2n) is 9.61. The Morgan fingerprint density at radius 1 is 1.35 bits per heavy atom. The average molecular weight is 439 g/mol. The number of benzene rings is 1. The minimum absolute atomic E-state index is 0.206. The Kier molecular flexibility index (Phi) is 5.73. The Labute approximate surface area is 186 Å². The summed E-state index contributed by atoms with van der Waals surface area (Å²) in [5.74, 6) is 0.340. The van der Waals surface area contributed by atoms with Gasteiger partial charge < -0.3 is 5.32 Å². The quantitative estimate of drug-likeness (QED) is 0.628. The van der Waals surface area contributed by atoms with Crippen LogP contribution in [0.15, 0.2) is 29.1 Å². The number of hydrogen-bond acceptors (Lipinski definition) is 5. The lowest BCUT2D eigenvalue weighted by Crippen LogP contribution is -2.35. The van der Waals surface area contributed by atoms with Crippen LogP contribution in [0.4, 0.5) is 5.69 Å². The van der Waals surface area contributed by atoms with Crippen LogP contribution in [0.2, 0.25) is 0 Å². The van der Waals surface area contributed by atoms with Crippen molar-refractivity contribution in [3.63, 3.8) is 0 Å². The Morgan fingerprint density at radius 2 is 2.13 bits per heavy atom. The summed E-state index contributed by atoms with van der Waals surface area (Å²) in [5, 5.41) is 12.1. The first-order chi connectivity index (χ1) is 14.7.